The van der Waals surface area contributed by atoms with Crippen LogP contribution in [0.3, 0.4) is 0 Å². The number of ether oxygens (including phenoxy) is 2. The van der Waals surface area contributed by atoms with E-state index in [4.69, 9.17) is 13.9 Å². The molecule has 0 unspecified atom stereocenters. The van der Waals surface area contributed by atoms with Gasteiger partial charge in [-0.1, -0.05) is 0 Å². The van der Waals surface area contributed by atoms with Gasteiger partial charge in [-0.05, 0) is 36.4 Å². The van der Waals surface area contributed by atoms with Crippen molar-refractivity contribution in [3.05, 3.63) is 57.9 Å². The maximum absolute atomic E-state index is 13.8. The lowest BCUT2D eigenvalue weighted by Gasteiger charge is -2.17. The van der Waals surface area contributed by atoms with Crippen LogP contribution in [0, 0.1) is 0 Å². The SMILES string of the molecule is COc1ccc(Oc2c(C(F)(F)F)oc3c(C[NH+]4CCCC4)c(O)ccc3c2=O)cc1. The van der Waals surface area contributed by atoms with Crippen LogP contribution in [0.2, 0.25) is 0 Å². The Morgan fingerprint density at radius 2 is 1.71 bits per heavy atom. The zero-order valence-corrected chi connectivity index (χ0v) is 16.7. The number of phenolic OH excluding ortho intramolecular Hbond substituents is 1. The van der Waals surface area contributed by atoms with Gasteiger partial charge < -0.3 is 23.9 Å². The molecular weight excluding hydrogens is 415 g/mol. The average Bonchev–Trinajstić information content (AvgIpc) is 3.25. The first kappa shape index (κ1) is 21.0. The van der Waals surface area contributed by atoms with Crippen molar-refractivity contribution in [2.75, 3.05) is 20.2 Å². The Kier molecular flexibility index (Phi) is 5.53. The molecule has 0 atom stereocenters. The van der Waals surface area contributed by atoms with Gasteiger partial charge in [-0.25, -0.2) is 0 Å². The van der Waals surface area contributed by atoms with Crippen LogP contribution in [-0.2, 0) is 12.7 Å². The minimum absolute atomic E-state index is 0.0264. The van der Waals surface area contributed by atoms with Gasteiger partial charge in [0.05, 0.1) is 31.1 Å². The Morgan fingerprint density at radius 3 is 2.32 bits per heavy atom. The lowest BCUT2D eigenvalue weighted by molar-refractivity contribution is -0.901. The normalized spacial score (nSPS) is 14.8. The number of halogens is 3. The fourth-order valence-electron chi connectivity index (χ4n) is 3.80. The van der Waals surface area contributed by atoms with Crippen LogP contribution in [0.25, 0.3) is 11.0 Å². The van der Waals surface area contributed by atoms with Crippen molar-refractivity contribution in [2.24, 2.45) is 0 Å². The molecule has 1 fully saturated rings. The minimum atomic E-state index is -4.97. The predicted octanol–water partition coefficient (Wildman–Crippen LogP) is 3.50. The zero-order valence-electron chi connectivity index (χ0n) is 16.7. The molecule has 9 heteroatoms. The Bertz CT molecular complexity index is 1150. The molecule has 4 rings (SSSR count). The van der Waals surface area contributed by atoms with Crippen molar-refractivity contribution in [3.63, 3.8) is 0 Å². The van der Waals surface area contributed by atoms with Gasteiger partial charge in [-0.3, -0.25) is 4.79 Å². The first-order valence-electron chi connectivity index (χ1n) is 9.82. The van der Waals surface area contributed by atoms with E-state index >= 15 is 0 Å². The van der Waals surface area contributed by atoms with Gasteiger partial charge in [0, 0.05) is 12.8 Å². The van der Waals surface area contributed by atoms with Crippen LogP contribution in [0.15, 0.2) is 45.6 Å². The third-order valence-corrected chi connectivity index (χ3v) is 5.37. The van der Waals surface area contributed by atoms with Crippen molar-refractivity contribution in [3.8, 4) is 23.0 Å². The summed E-state index contributed by atoms with van der Waals surface area (Å²) >= 11 is 0. The van der Waals surface area contributed by atoms with E-state index in [1.54, 1.807) is 0 Å². The number of alkyl halides is 3. The molecule has 164 valence electrons. The second-order valence-corrected chi connectivity index (χ2v) is 7.44. The van der Waals surface area contributed by atoms with Gasteiger partial charge in [0.2, 0.25) is 11.2 Å². The van der Waals surface area contributed by atoms with E-state index in [0.717, 1.165) is 30.8 Å². The number of nitrogens with one attached hydrogen (secondary N) is 1. The standard InChI is InChI=1S/C22H20F3NO5/c1-29-13-4-6-14(7-5-13)30-20-18(28)15-8-9-17(27)16(12-26-10-2-3-11-26)19(15)31-21(20)22(23,24)25/h4-9,27H,2-3,10-12H2,1H3/p+1. The summed E-state index contributed by atoms with van der Waals surface area (Å²) in [6, 6.07) is 8.33. The number of rotatable bonds is 5. The van der Waals surface area contributed by atoms with Gasteiger partial charge in [0.15, 0.2) is 5.58 Å². The van der Waals surface area contributed by atoms with E-state index in [0.29, 0.717) is 5.75 Å². The molecule has 31 heavy (non-hydrogen) atoms. The van der Waals surface area contributed by atoms with E-state index in [1.807, 2.05) is 0 Å². The Balaban J connectivity index is 1.86. The number of quaternary nitrogens is 1. The van der Waals surface area contributed by atoms with E-state index in [1.165, 1.54) is 43.5 Å². The predicted molar refractivity (Wildman–Crippen MR) is 106 cm³/mol. The largest absolute Gasteiger partial charge is 0.507 e. The van der Waals surface area contributed by atoms with Gasteiger partial charge in [0.25, 0.3) is 5.76 Å². The molecule has 1 aliphatic heterocycles. The molecule has 0 amide bonds. The van der Waals surface area contributed by atoms with Gasteiger partial charge in [-0.15, -0.1) is 0 Å². The van der Waals surface area contributed by atoms with Crippen LogP contribution in [0.4, 0.5) is 13.2 Å². The highest BCUT2D eigenvalue weighted by Crippen LogP contribution is 2.39. The molecule has 0 radical (unpaired) electrons. The van der Waals surface area contributed by atoms with Crippen LogP contribution in [-0.4, -0.2) is 25.3 Å². The van der Waals surface area contributed by atoms with Crippen molar-refractivity contribution < 1.29 is 37.1 Å². The van der Waals surface area contributed by atoms with E-state index in [-0.39, 0.29) is 34.6 Å². The molecule has 2 N–H and O–H groups in total. The van der Waals surface area contributed by atoms with E-state index < -0.39 is 23.1 Å². The molecule has 2 aromatic carbocycles. The summed E-state index contributed by atoms with van der Waals surface area (Å²) in [6.45, 7) is 1.94. The number of likely N-dealkylation sites (tertiary alicyclic amines) is 1. The topological polar surface area (TPSA) is 73.3 Å². The molecule has 0 bridgehead atoms. The molecule has 1 aromatic heterocycles. The van der Waals surface area contributed by atoms with Crippen molar-refractivity contribution in [1.29, 1.82) is 0 Å². The second kappa shape index (κ2) is 8.14. The molecule has 1 saturated heterocycles. The fourth-order valence-corrected chi connectivity index (χ4v) is 3.80. The zero-order chi connectivity index (χ0) is 22.2. The first-order valence-corrected chi connectivity index (χ1v) is 9.82. The summed E-state index contributed by atoms with van der Waals surface area (Å²) in [6.07, 6.45) is -2.98. The van der Waals surface area contributed by atoms with Crippen LogP contribution in [0.1, 0.15) is 24.2 Å². The van der Waals surface area contributed by atoms with E-state index in [2.05, 4.69) is 0 Å². The van der Waals surface area contributed by atoms with Gasteiger partial charge >= 0.3 is 6.18 Å². The summed E-state index contributed by atoms with van der Waals surface area (Å²) in [5, 5.41) is 10.2. The lowest BCUT2D eigenvalue weighted by Crippen LogP contribution is -3.08. The molecule has 3 aromatic rings. The number of hydrogen-bond acceptors (Lipinski definition) is 5. The minimum Gasteiger partial charge on any atom is -0.507 e. The maximum atomic E-state index is 13.8. The summed E-state index contributed by atoms with van der Waals surface area (Å²) in [4.78, 5) is 14.1. The van der Waals surface area contributed by atoms with E-state index in [9.17, 15) is 23.1 Å². The summed E-state index contributed by atoms with van der Waals surface area (Å²) in [5.41, 5.74) is -1.03. The van der Waals surface area contributed by atoms with Crippen LogP contribution in [0.5, 0.6) is 23.0 Å². The third kappa shape index (κ3) is 4.18. The summed E-state index contributed by atoms with van der Waals surface area (Å²) < 4.78 is 57.0. The highest BCUT2D eigenvalue weighted by atomic mass is 19.4. The van der Waals surface area contributed by atoms with Crippen LogP contribution >= 0.6 is 0 Å². The molecule has 0 spiro atoms. The van der Waals surface area contributed by atoms with Gasteiger partial charge in [0.1, 0.15) is 23.8 Å². The van der Waals surface area contributed by atoms with Crippen LogP contribution < -0.4 is 19.8 Å². The number of methoxy groups -OCH3 is 1. The molecular formula is C22H21F3NO5+. The number of hydrogen-bond donors (Lipinski definition) is 2. The monoisotopic (exact) mass is 436 g/mol. The Hall–Kier alpha value is -3.20. The summed E-state index contributed by atoms with van der Waals surface area (Å²) in [7, 11) is 1.45. The molecule has 1 aliphatic rings. The second-order valence-electron chi connectivity index (χ2n) is 7.44. The molecule has 0 saturated carbocycles. The molecule has 2 heterocycles. The summed E-state index contributed by atoms with van der Waals surface area (Å²) in [5.74, 6) is -2.18. The van der Waals surface area contributed by atoms with Crippen molar-refractivity contribution >= 4 is 11.0 Å². The number of fused-ring (bicyclic) bond motifs is 1. The van der Waals surface area contributed by atoms with Gasteiger partial charge in [-0.2, -0.15) is 13.2 Å². The number of aromatic hydroxyl groups is 1. The fraction of sp³-hybridized carbons (Fsp3) is 0.318. The van der Waals surface area contributed by atoms with Crippen molar-refractivity contribution in [2.45, 2.75) is 25.6 Å². The third-order valence-electron chi connectivity index (χ3n) is 5.37. The quantitative estimate of drug-likeness (QED) is 0.641. The highest BCUT2D eigenvalue weighted by molar-refractivity contribution is 5.83. The highest BCUT2D eigenvalue weighted by Gasteiger charge is 2.41. The smallest absolute Gasteiger partial charge is 0.453 e. The number of benzene rings is 2. The molecule has 6 nitrogen and oxygen atoms in total. The average molecular weight is 436 g/mol. The first-order chi connectivity index (χ1) is 14.8. The number of phenols is 1. The Labute approximate surface area is 175 Å². The Morgan fingerprint density at radius 1 is 1.06 bits per heavy atom. The molecule has 0 aliphatic carbocycles. The maximum Gasteiger partial charge on any atom is 0.453 e. The lowest BCUT2D eigenvalue weighted by atomic mass is 10.1. The van der Waals surface area contributed by atoms with Crippen molar-refractivity contribution in [1.82, 2.24) is 0 Å².